The average molecular weight is 210 g/mol. The van der Waals surface area contributed by atoms with E-state index in [2.05, 4.69) is 25.5 Å². The van der Waals surface area contributed by atoms with Crippen molar-refractivity contribution in [3.05, 3.63) is 0 Å². The maximum atomic E-state index is 9.92. The highest BCUT2D eigenvalue weighted by Gasteiger charge is 2.10. The smallest absolute Gasteiger partial charge is 0.450 e. The molecule has 0 atom stereocenters. The van der Waals surface area contributed by atoms with Crippen LogP contribution < -0.4 is 0 Å². The minimum absolute atomic E-state index is 0.216. The largest absolute Gasteiger partial charge is 0.505 e. The van der Waals surface area contributed by atoms with Crippen molar-refractivity contribution in [2.45, 2.75) is 25.5 Å². The molecule has 0 amide bonds. The second-order valence-corrected chi connectivity index (χ2v) is 6.37. The Bertz CT molecular complexity index is 142. The standard InChI is InChI=1S/C7H14O3S2/c1-7(2,3)12-11-5-4-10-6(8)9/h4-5H2,1-3H3,(H,8,9). The molecule has 5 heteroatoms. The zero-order chi connectivity index (χ0) is 9.61. The van der Waals surface area contributed by atoms with Gasteiger partial charge in [0.05, 0.1) is 0 Å². The van der Waals surface area contributed by atoms with Crippen LogP contribution in [0.4, 0.5) is 4.79 Å². The van der Waals surface area contributed by atoms with Crippen LogP contribution in [0.2, 0.25) is 0 Å². The lowest BCUT2D eigenvalue weighted by Crippen LogP contribution is -2.07. The average Bonchev–Trinajstić information content (AvgIpc) is 1.83. The van der Waals surface area contributed by atoms with Gasteiger partial charge in [0.2, 0.25) is 0 Å². The Balaban J connectivity index is 3.17. The van der Waals surface area contributed by atoms with Crippen molar-refractivity contribution in [2.24, 2.45) is 0 Å². The van der Waals surface area contributed by atoms with Crippen LogP contribution in [0.1, 0.15) is 20.8 Å². The van der Waals surface area contributed by atoms with Crippen LogP contribution in [-0.2, 0) is 4.74 Å². The van der Waals surface area contributed by atoms with Crippen molar-refractivity contribution in [3.8, 4) is 0 Å². The molecular formula is C7H14O3S2. The molecule has 0 fully saturated rings. The monoisotopic (exact) mass is 210 g/mol. The molecular weight excluding hydrogens is 196 g/mol. The third kappa shape index (κ3) is 9.97. The fourth-order valence-corrected chi connectivity index (χ4v) is 2.48. The van der Waals surface area contributed by atoms with E-state index in [1.807, 2.05) is 0 Å². The van der Waals surface area contributed by atoms with Gasteiger partial charge < -0.3 is 9.84 Å². The van der Waals surface area contributed by atoms with E-state index in [1.165, 1.54) is 0 Å². The Kier molecular flexibility index (Phi) is 5.57. The van der Waals surface area contributed by atoms with Crippen molar-refractivity contribution >= 4 is 27.7 Å². The highest BCUT2D eigenvalue weighted by atomic mass is 33.1. The van der Waals surface area contributed by atoms with Gasteiger partial charge in [-0.05, 0) is 0 Å². The minimum atomic E-state index is -1.20. The molecule has 0 aromatic rings. The Hall–Kier alpha value is -0.0300. The van der Waals surface area contributed by atoms with Gasteiger partial charge >= 0.3 is 6.16 Å². The molecule has 0 bridgehead atoms. The summed E-state index contributed by atoms with van der Waals surface area (Å²) >= 11 is 0. The lowest BCUT2D eigenvalue weighted by atomic mass is 10.3. The Morgan fingerprint density at radius 2 is 2.08 bits per heavy atom. The van der Waals surface area contributed by atoms with Crippen LogP contribution >= 0.6 is 21.6 Å². The second-order valence-electron chi connectivity index (χ2n) is 3.13. The topological polar surface area (TPSA) is 46.5 Å². The maximum absolute atomic E-state index is 9.92. The fourth-order valence-electron chi connectivity index (χ4n) is 0.381. The summed E-state index contributed by atoms with van der Waals surface area (Å²) in [6.45, 7) is 6.61. The van der Waals surface area contributed by atoms with Gasteiger partial charge in [-0.2, -0.15) is 0 Å². The van der Waals surface area contributed by atoms with E-state index < -0.39 is 6.16 Å². The van der Waals surface area contributed by atoms with E-state index >= 15 is 0 Å². The molecule has 0 aliphatic carbocycles. The molecule has 0 radical (unpaired) electrons. The van der Waals surface area contributed by atoms with Crippen LogP contribution in [0.5, 0.6) is 0 Å². The van der Waals surface area contributed by atoms with Gasteiger partial charge in [-0.15, -0.1) is 0 Å². The van der Waals surface area contributed by atoms with Crippen molar-refractivity contribution in [3.63, 3.8) is 0 Å². The summed E-state index contributed by atoms with van der Waals surface area (Å²) in [5, 5.41) is 8.13. The van der Waals surface area contributed by atoms with Gasteiger partial charge in [0, 0.05) is 10.5 Å². The molecule has 3 nitrogen and oxygen atoms in total. The molecule has 0 aromatic heterocycles. The second kappa shape index (κ2) is 5.59. The van der Waals surface area contributed by atoms with Crippen molar-refractivity contribution in [2.75, 3.05) is 12.4 Å². The van der Waals surface area contributed by atoms with Crippen LogP contribution in [0, 0.1) is 0 Å². The summed E-state index contributed by atoms with van der Waals surface area (Å²) in [7, 11) is 3.36. The van der Waals surface area contributed by atoms with Crippen LogP contribution in [-0.4, -0.2) is 28.4 Å². The molecule has 1 N–H and O–H groups in total. The number of rotatable bonds is 4. The number of carbonyl (C=O) groups is 1. The highest BCUT2D eigenvalue weighted by Crippen LogP contribution is 2.34. The summed E-state index contributed by atoms with van der Waals surface area (Å²) in [6.07, 6.45) is -1.20. The molecule has 0 aliphatic heterocycles. The summed E-state index contributed by atoms with van der Waals surface area (Å²) in [5.74, 6) is 0.703. The summed E-state index contributed by atoms with van der Waals surface area (Å²) < 4.78 is 4.56. The summed E-state index contributed by atoms with van der Waals surface area (Å²) in [6, 6.07) is 0. The first-order chi connectivity index (χ1) is 5.42. The van der Waals surface area contributed by atoms with Gasteiger partial charge in [-0.3, -0.25) is 0 Å². The summed E-state index contributed by atoms with van der Waals surface area (Å²) in [4.78, 5) is 9.92. The minimum Gasteiger partial charge on any atom is -0.450 e. The van der Waals surface area contributed by atoms with Crippen LogP contribution in [0.15, 0.2) is 0 Å². The van der Waals surface area contributed by atoms with Crippen LogP contribution in [0.25, 0.3) is 0 Å². The van der Waals surface area contributed by atoms with Crippen molar-refractivity contribution in [1.29, 1.82) is 0 Å². The van der Waals surface area contributed by atoms with Gasteiger partial charge in [0.1, 0.15) is 6.61 Å². The van der Waals surface area contributed by atoms with E-state index in [1.54, 1.807) is 21.6 Å². The molecule has 0 rings (SSSR count). The van der Waals surface area contributed by atoms with Crippen LogP contribution in [0.3, 0.4) is 0 Å². The lowest BCUT2D eigenvalue weighted by Gasteiger charge is -2.15. The third-order valence-electron chi connectivity index (χ3n) is 0.701. The van der Waals surface area contributed by atoms with E-state index in [4.69, 9.17) is 5.11 Å². The normalized spacial score (nSPS) is 11.2. The number of ether oxygens (including phenoxy) is 1. The molecule has 72 valence electrons. The fraction of sp³-hybridized carbons (Fsp3) is 0.857. The molecule has 0 saturated carbocycles. The SMILES string of the molecule is CC(C)(C)SSCCOC(=O)O. The Morgan fingerprint density at radius 3 is 2.50 bits per heavy atom. The number of hydrogen-bond donors (Lipinski definition) is 1. The molecule has 0 spiro atoms. The maximum Gasteiger partial charge on any atom is 0.505 e. The first-order valence-corrected chi connectivity index (χ1v) is 5.90. The van der Waals surface area contributed by atoms with E-state index in [0.717, 1.165) is 0 Å². The molecule has 0 saturated heterocycles. The Labute approximate surface area is 80.6 Å². The predicted octanol–water partition coefficient (Wildman–Crippen LogP) is 2.86. The lowest BCUT2D eigenvalue weighted by molar-refractivity contribution is 0.0975. The zero-order valence-electron chi connectivity index (χ0n) is 7.49. The summed E-state index contributed by atoms with van der Waals surface area (Å²) in [5.41, 5.74) is 0. The van der Waals surface area contributed by atoms with Crippen molar-refractivity contribution in [1.82, 2.24) is 0 Å². The van der Waals surface area contributed by atoms with Gasteiger partial charge in [-0.1, -0.05) is 42.4 Å². The van der Waals surface area contributed by atoms with E-state index in [0.29, 0.717) is 5.75 Å². The van der Waals surface area contributed by atoms with E-state index in [9.17, 15) is 4.79 Å². The van der Waals surface area contributed by atoms with Crippen molar-refractivity contribution < 1.29 is 14.6 Å². The van der Waals surface area contributed by atoms with Gasteiger partial charge in [-0.25, -0.2) is 4.79 Å². The molecule has 0 unspecified atom stereocenters. The van der Waals surface area contributed by atoms with Gasteiger partial charge in [0.25, 0.3) is 0 Å². The predicted molar refractivity (Wildman–Crippen MR) is 53.8 cm³/mol. The first kappa shape index (κ1) is 12.0. The zero-order valence-corrected chi connectivity index (χ0v) is 9.13. The third-order valence-corrected chi connectivity index (χ3v) is 4.01. The molecule has 12 heavy (non-hydrogen) atoms. The molecule has 0 heterocycles. The molecule has 0 aromatic carbocycles. The van der Waals surface area contributed by atoms with E-state index in [-0.39, 0.29) is 11.4 Å². The Morgan fingerprint density at radius 1 is 1.50 bits per heavy atom. The molecule has 0 aliphatic rings. The number of hydrogen-bond acceptors (Lipinski definition) is 4. The highest BCUT2D eigenvalue weighted by molar-refractivity contribution is 8.77. The number of carboxylic acid groups (broad SMARTS) is 1. The quantitative estimate of drug-likeness (QED) is 0.439. The first-order valence-electron chi connectivity index (χ1n) is 3.58. The van der Waals surface area contributed by atoms with Gasteiger partial charge in [0.15, 0.2) is 0 Å².